The maximum atomic E-state index is 13.1. The minimum absolute atomic E-state index is 0.358. The molecule has 23 heavy (non-hydrogen) atoms. The molecule has 0 heterocycles. The van der Waals surface area contributed by atoms with Crippen LogP contribution in [0.2, 0.25) is 0 Å². The standard InChI is InChI=1S/C18H26NO3P/c1-18(11-13-8-14-10-15(12-18)17(14)9-13)22-23(20,19-2)21-16-6-4-3-5-7-16/h3-7,13-15,17H,8-12H2,1-2H3,(H,19,20). The van der Waals surface area contributed by atoms with Crippen LogP contribution in [0.3, 0.4) is 0 Å². The minimum atomic E-state index is -3.36. The average Bonchev–Trinajstić information content (AvgIpc) is 2.76. The van der Waals surface area contributed by atoms with Crippen molar-refractivity contribution in [3.05, 3.63) is 30.3 Å². The Morgan fingerprint density at radius 1 is 1.13 bits per heavy atom. The molecule has 2 bridgehead atoms. The predicted octanol–water partition coefficient (Wildman–Crippen LogP) is 4.62. The van der Waals surface area contributed by atoms with Gasteiger partial charge in [0.25, 0.3) is 0 Å². The Balaban J connectivity index is 1.51. The summed E-state index contributed by atoms with van der Waals surface area (Å²) in [5.41, 5.74) is -0.358. The molecule has 0 spiro atoms. The number of fused-ring (bicyclic) bond motifs is 1. The minimum Gasteiger partial charge on any atom is -0.413 e. The van der Waals surface area contributed by atoms with E-state index in [0.29, 0.717) is 5.75 Å². The number of benzene rings is 1. The van der Waals surface area contributed by atoms with Crippen LogP contribution in [0.4, 0.5) is 0 Å². The van der Waals surface area contributed by atoms with E-state index in [4.69, 9.17) is 9.05 Å². The molecule has 1 N–H and O–H groups in total. The Morgan fingerprint density at radius 2 is 1.91 bits per heavy atom. The Hall–Kier alpha value is -0.830. The van der Waals surface area contributed by atoms with Crippen molar-refractivity contribution < 1.29 is 13.6 Å². The van der Waals surface area contributed by atoms with Gasteiger partial charge in [-0.15, -0.1) is 0 Å². The van der Waals surface area contributed by atoms with Gasteiger partial charge in [0.1, 0.15) is 5.75 Å². The zero-order valence-corrected chi connectivity index (χ0v) is 14.8. The molecule has 0 aromatic heterocycles. The van der Waals surface area contributed by atoms with Crippen molar-refractivity contribution in [2.24, 2.45) is 23.7 Å². The fourth-order valence-electron chi connectivity index (χ4n) is 5.24. The van der Waals surface area contributed by atoms with E-state index in [0.717, 1.165) is 36.5 Å². The highest BCUT2D eigenvalue weighted by atomic mass is 31.2. The lowest BCUT2D eigenvalue weighted by atomic mass is 9.63. The van der Waals surface area contributed by atoms with Crippen molar-refractivity contribution in [3.8, 4) is 5.75 Å². The first-order chi connectivity index (χ1) is 11.0. The lowest BCUT2D eigenvalue weighted by molar-refractivity contribution is -0.0162. The molecule has 5 heteroatoms. The van der Waals surface area contributed by atoms with Crippen molar-refractivity contribution in [2.45, 2.75) is 44.6 Å². The highest BCUT2D eigenvalue weighted by Gasteiger charge is 2.55. The molecule has 6 atom stereocenters. The van der Waals surface area contributed by atoms with Crippen LogP contribution in [0.25, 0.3) is 0 Å². The molecule has 0 radical (unpaired) electrons. The largest absolute Gasteiger partial charge is 0.458 e. The third-order valence-electron chi connectivity index (χ3n) is 6.06. The first-order valence-corrected chi connectivity index (χ1v) is 10.3. The molecule has 0 amide bonds. The van der Waals surface area contributed by atoms with Gasteiger partial charge < -0.3 is 4.52 Å². The molecule has 0 saturated heterocycles. The molecule has 4 rings (SSSR count). The fraction of sp³-hybridized carbons (Fsp3) is 0.667. The molecule has 3 saturated carbocycles. The SMILES string of the molecule is CNP(=O)(Oc1ccccc1)OC1(C)CC2CC3CC(C1)C3C2. The van der Waals surface area contributed by atoms with Crippen LogP contribution in [0.1, 0.15) is 39.0 Å². The average molecular weight is 335 g/mol. The maximum Gasteiger partial charge on any atom is 0.458 e. The van der Waals surface area contributed by atoms with Crippen molar-refractivity contribution in [3.63, 3.8) is 0 Å². The molecule has 1 aromatic carbocycles. The van der Waals surface area contributed by atoms with Crippen LogP contribution in [-0.4, -0.2) is 12.6 Å². The third-order valence-corrected chi connectivity index (χ3v) is 7.74. The third kappa shape index (κ3) is 2.97. The number of rotatable bonds is 5. The van der Waals surface area contributed by atoms with Gasteiger partial charge in [0.05, 0.1) is 5.60 Å². The molecular formula is C18H26NO3P. The second kappa shape index (κ2) is 5.61. The van der Waals surface area contributed by atoms with Crippen LogP contribution in [0.15, 0.2) is 30.3 Å². The Morgan fingerprint density at radius 3 is 2.65 bits per heavy atom. The van der Waals surface area contributed by atoms with Gasteiger partial charge in [-0.05, 0) is 81.9 Å². The van der Waals surface area contributed by atoms with E-state index < -0.39 is 7.75 Å². The Bertz CT molecular complexity index is 616. The molecule has 3 fully saturated rings. The zero-order valence-electron chi connectivity index (χ0n) is 13.9. The van der Waals surface area contributed by atoms with Gasteiger partial charge >= 0.3 is 7.75 Å². The molecule has 126 valence electrons. The van der Waals surface area contributed by atoms with Gasteiger partial charge in [-0.2, -0.15) is 0 Å². The second-order valence-electron chi connectivity index (χ2n) is 7.83. The van der Waals surface area contributed by atoms with Gasteiger partial charge in [-0.1, -0.05) is 18.2 Å². The lowest BCUT2D eigenvalue weighted by Crippen LogP contribution is -2.41. The van der Waals surface area contributed by atoms with Crippen molar-refractivity contribution in [2.75, 3.05) is 7.05 Å². The van der Waals surface area contributed by atoms with E-state index in [1.54, 1.807) is 19.2 Å². The first kappa shape index (κ1) is 15.7. The lowest BCUT2D eigenvalue weighted by Gasteiger charge is -2.46. The Kier molecular flexibility index (Phi) is 3.83. The van der Waals surface area contributed by atoms with Crippen LogP contribution in [0.5, 0.6) is 5.75 Å². The number of hydrogen-bond acceptors (Lipinski definition) is 3. The van der Waals surface area contributed by atoms with Crippen LogP contribution < -0.4 is 9.61 Å². The quantitative estimate of drug-likeness (QED) is 0.797. The number of nitrogens with one attached hydrogen (secondary N) is 1. The van der Waals surface area contributed by atoms with E-state index >= 15 is 0 Å². The summed E-state index contributed by atoms with van der Waals surface area (Å²) in [6.45, 7) is 2.12. The highest BCUT2D eigenvalue weighted by molar-refractivity contribution is 7.52. The smallest absolute Gasteiger partial charge is 0.413 e. The maximum absolute atomic E-state index is 13.1. The van der Waals surface area contributed by atoms with E-state index in [1.165, 1.54) is 19.3 Å². The van der Waals surface area contributed by atoms with Gasteiger partial charge in [0.15, 0.2) is 0 Å². The normalized spacial score (nSPS) is 40.8. The predicted molar refractivity (Wildman–Crippen MR) is 90.3 cm³/mol. The van der Waals surface area contributed by atoms with Crippen molar-refractivity contribution in [1.82, 2.24) is 5.09 Å². The summed E-state index contributed by atoms with van der Waals surface area (Å²) in [7, 11) is -1.71. The summed E-state index contributed by atoms with van der Waals surface area (Å²) in [5.74, 6) is 3.91. The van der Waals surface area contributed by atoms with Crippen molar-refractivity contribution in [1.29, 1.82) is 0 Å². The summed E-state index contributed by atoms with van der Waals surface area (Å²) >= 11 is 0. The van der Waals surface area contributed by atoms with Gasteiger partial charge in [-0.25, -0.2) is 9.65 Å². The summed E-state index contributed by atoms with van der Waals surface area (Å²) in [5, 5.41) is 2.80. The topological polar surface area (TPSA) is 47.6 Å². The molecule has 3 aliphatic carbocycles. The fourth-order valence-corrected chi connectivity index (χ4v) is 6.59. The summed E-state index contributed by atoms with van der Waals surface area (Å²) in [6.07, 6.45) is 6.03. The molecule has 3 aliphatic rings. The van der Waals surface area contributed by atoms with Crippen LogP contribution in [-0.2, 0) is 9.09 Å². The zero-order chi connectivity index (χ0) is 16.1. The van der Waals surface area contributed by atoms with Gasteiger partial charge in [0, 0.05) is 0 Å². The number of para-hydroxylation sites is 1. The molecule has 6 unspecified atom stereocenters. The summed E-state index contributed by atoms with van der Waals surface area (Å²) < 4.78 is 25.0. The summed E-state index contributed by atoms with van der Waals surface area (Å²) in [6, 6.07) is 9.27. The highest BCUT2D eigenvalue weighted by Crippen LogP contribution is 2.62. The second-order valence-corrected chi connectivity index (χ2v) is 9.64. The van der Waals surface area contributed by atoms with Gasteiger partial charge in [0.2, 0.25) is 0 Å². The van der Waals surface area contributed by atoms with Crippen LogP contribution in [0, 0.1) is 23.7 Å². The number of hydrogen-bond donors (Lipinski definition) is 1. The molecular weight excluding hydrogens is 309 g/mol. The summed E-state index contributed by atoms with van der Waals surface area (Å²) in [4.78, 5) is 0. The molecule has 1 aromatic rings. The van der Waals surface area contributed by atoms with Crippen molar-refractivity contribution >= 4 is 7.75 Å². The Labute approximate surface area is 138 Å². The molecule has 4 nitrogen and oxygen atoms in total. The molecule has 0 aliphatic heterocycles. The van der Waals surface area contributed by atoms with Crippen LogP contribution >= 0.6 is 7.75 Å². The van der Waals surface area contributed by atoms with E-state index in [2.05, 4.69) is 12.0 Å². The van der Waals surface area contributed by atoms with E-state index in [-0.39, 0.29) is 5.60 Å². The monoisotopic (exact) mass is 335 g/mol. The van der Waals surface area contributed by atoms with E-state index in [1.807, 2.05) is 18.2 Å². The first-order valence-electron chi connectivity index (χ1n) is 8.73. The van der Waals surface area contributed by atoms with E-state index in [9.17, 15) is 4.57 Å². The van der Waals surface area contributed by atoms with Gasteiger partial charge in [-0.3, -0.25) is 4.52 Å².